The van der Waals surface area contributed by atoms with Crippen LogP contribution in [0, 0.1) is 24.2 Å². The lowest BCUT2D eigenvalue weighted by atomic mass is 9.68. The smallest absolute Gasteiger partial charge is 0.0848 e. The van der Waals surface area contributed by atoms with Crippen molar-refractivity contribution < 1.29 is 0 Å². The normalized spacial score (nSPS) is 18.9. The highest BCUT2D eigenvalue weighted by Crippen LogP contribution is 2.38. The van der Waals surface area contributed by atoms with Crippen LogP contribution in [0.2, 0.25) is 0 Å². The molecule has 0 bridgehead atoms. The van der Waals surface area contributed by atoms with Gasteiger partial charge in [-0.25, -0.2) is 0 Å². The fourth-order valence-electron chi connectivity index (χ4n) is 3.57. The van der Waals surface area contributed by atoms with Gasteiger partial charge in [-0.05, 0) is 43.4 Å². The third-order valence-corrected chi connectivity index (χ3v) is 5.07. The molecule has 0 radical (unpaired) electrons. The maximum Gasteiger partial charge on any atom is 0.0848 e. The van der Waals surface area contributed by atoms with E-state index in [1.165, 1.54) is 11.1 Å². The van der Waals surface area contributed by atoms with E-state index in [1.54, 1.807) is 0 Å². The number of benzene rings is 1. The molecular formula is C19H29N3. The molecule has 1 unspecified atom stereocenters. The predicted octanol–water partition coefficient (Wildman–Crippen LogP) is 3.10. The number of rotatable bonds is 6. The molecular weight excluding hydrogens is 270 g/mol. The summed E-state index contributed by atoms with van der Waals surface area (Å²) in [4.78, 5) is 2.51. The Hall–Kier alpha value is -1.37. The topological polar surface area (TPSA) is 39.1 Å². The summed E-state index contributed by atoms with van der Waals surface area (Å²) in [5, 5.41) is 13.4. The number of hydrogen-bond acceptors (Lipinski definition) is 3. The molecule has 0 spiro atoms. The van der Waals surface area contributed by atoms with Crippen LogP contribution in [0.5, 0.6) is 0 Å². The number of nitrogens with one attached hydrogen (secondary N) is 1. The summed E-state index contributed by atoms with van der Waals surface area (Å²) >= 11 is 0. The van der Waals surface area contributed by atoms with Crippen molar-refractivity contribution >= 4 is 0 Å². The number of hydrogen-bond donors (Lipinski definition) is 1. The van der Waals surface area contributed by atoms with Gasteiger partial charge in [0.15, 0.2) is 0 Å². The zero-order valence-electron chi connectivity index (χ0n) is 14.2. The highest BCUT2D eigenvalue weighted by molar-refractivity contribution is 5.39. The molecule has 0 saturated carbocycles. The Morgan fingerprint density at radius 1 is 1.27 bits per heavy atom. The van der Waals surface area contributed by atoms with E-state index in [0.717, 1.165) is 45.6 Å². The van der Waals surface area contributed by atoms with Gasteiger partial charge in [0.25, 0.3) is 0 Å². The maximum absolute atomic E-state index is 9.99. The Morgan fingerprint density at radius 2 is 1.95 bits per heavy atom. The van der Waals surface area contributed by atoms with E-state index in [2.05, 4.69) is 61.3 Å². The Morgan fingerprint density at radius 3 is 2.55 bits per heavy atom. The third-order valence-electron chi connectivity index (χ3n) is 5.07. The second kappa shape index (κ2) is 7.76. The molecule has 1 fully saturated rings. The average Bonchev–Trinajstić information content (AvgIpc) is 2.53. The van der Waals surface area contributed by atoms with E-state index in [-0.39, 0.29) is 5.41 Å². The van der Waals surface area contributed by atoms with Crippen LogP contribution >= 0.6 is 0 Å². The average molecular weight is 299 g/mol. The molecule has 0 aromatic heterocycles. The highest BCUT2D eigenvalue weighted by Gasteiger charge is 2.36. The third kappa shape index (κ3) is 3.69. The minimum Gasteiger partial charge on any atom is -0.314 e. The molecule has 0 aliphatic carbocycles. The molecule has 3 nitrogen and oxygen atoms in total. The van der Waals surface area contributed by atoms with E-state index < -0.39 is 0 Å². The van der Waals surface area contributed by atoms with E-state index in [4.69, 9.17) is 0 Å². The van der Waals surface area contributed by atoms with Gasteiger partial charge in [0, 0.05) is 26.2 Å². The van der Waals surface area contributed by atoms with Crippen molar-refractivity contribution in [1.82, 2.24) is 10.2 Å². The second-order valence-corrected chi connectivity index (χ2v) is 6.75. The van der Waals surface area contributed by atoms with Gasteiger partial charge < -0.3 is 10.2 Å². The first-order valence-electron chi connectivity index (χ1n) is 8.50. The molecule has 22 heavy (non-hydrogen) atoms. The van der Waals surface area contributed by atoms with Crippen LogP contribution in [0.25, 0.3) is 0 Å². The number of nitrogens with zero attached hydrogens (tertiary/aromatic N) is 2. The van der Waals surface area contributed by atoms with Gasteiger partial charge in [-0.3, -0.25) is 0 Å². The molecule has 1 aliphatic heterocycles. The van der Waals surface area contributed by atoms with E-state index in [9.17, 15) is 5.26 Å². The first-order valence-corrected chi connectivity index (χ1v) is 8.50. The first kappa shape index (κ1) is 17.0. The van der Waals surface area contributed by atoms with Gasteiger partial charge in [-0.15, -0.1) is 0 Å². The molecule has 1 aromatic carbocycles. The lowest BCUT2D eigenvalue weighted by Crippen LogP contribution is -2.44. The Kier molecular flexibility index (Phi) is 5.99. The highest BCUT2D eigenvalue weighted by atomic mass is 15.2. The number of aryl methyl sites for hydroxylation is 1. The maximum atomic E-state index is 9.99. The van der Waals surface area contributed by atoms with Crippen LogP contribution in [0.3, 0.4) is 0 Å². The fraction of sp³-hybridized carbons (Fsp3) is 0.632. The summed E-state index contributed by atoms with van der Waals surface area (Å²) in [7, 11) is 0. The molecule has 0 amide bonds. The van der Waals surface area contributed by atoms with Gasteiger partial charge in [-0.2, -0.15) is 5.26 Å². The Labute approximate surface area is 135 Å². The quantitative estimate of drug-likeness (QED) is 0.877. The first-order chi connectivity index (χ1) is 10.6. The summed E-state index contributed by atoms with van der Waals surface area (Å²) < 4.78 is 0. The van der Waals surface area contributed by atoms with Crippen molar-refractivity contribution in [1.29, 1.82) is 5.26 Å². The Bertz CT molecular complexity index is 512. The zero-order valence-corrected chi connectivity index (χ0v) is 14.2. The van der Waals surface area contributed by atoms with Crippen LogP contribution in [-0.2, 0) is 5.41 Å². The molecule has 2 rings (SSSR count). The van der Waals surface area contributed by atoms with Crippen molar-refractivity contribution in [3.8, 4) is 6.07 Å². The van der Waals surface area contributed by atoms with E-state index >= 15 is 0 Å². The molecule has 1 aliphatic rings. The van der Waals surface area contributed by atoms with Crippen LogP contribution in [0.15, 0.2) is 24.3 Å². The van der Waals surface area contributed by atoms with Gasteiger partial charge in [0.1, 0.15) is 0 Å². The predicted molar refractivity (Wildman–Crippen MR) is 91.9 cm³/mol. The molecule has 1 heterocycles. The summed E-state index contributed by atoms with van der Waals surface area (Å²) in [6, 6.07) is 11.1. The van der Waals surface area contributed by atoms with E-state index in [1.807, 2.05) is 0 Å². The number of piperazine rings is 1. The van der Waals surface area contributed by atoms with Gasteiger partial charge in [-0.1, -0.05) is 38.1 Å². The Balaban J connectivity index is 2.09. The monoisotopic (exact) mass is 299 g/mol. The second-order valence-electron chi connectivity index (χ2n) is 6.75. The van der Waals surface area contributed by atoms with Gasteiger partial charge in [0.2, 0.25) is 0 Å². The summed E-state index contributed by atoms with van der Waals surface area (Å²) in [5.41, 5.74) is 2.09. The largest absolute Gasteiger partial charge is 0.314 e. The lowest BCUT2D eigenvalue weighted by molar-refractivity contribution is 0.225. The van der Waals surface area contributed by atoms with Crippen molar-refractivity contribution in [2.45, 2.75) is 39.0 Å². The zero-order chi connectivity index (χ0) is 16.0. The van der Waals surface area contributed by atoms with Crippen molar-refractivity contribution in [3.05, 3.63) is 35.4 Å². The summed E-state index contributed by atoms with van der Waals surface area (Å²) in [5.74, 6) is 0.321. The SMILES string of the molecule is Cc1ccccc1C(C#N)(CCCN1CCNCC1)C(C)C. The molecule has 1 atom stereocenters. The van der Waals surface area contributed by atoms with Crippen LogP contribution in [0.1, 0.15) is 37.8 Å². The minimum absolute atomic E-state index is 0.321. The van der Waals surface area contributed by atoms with Gasteiger partial charge >= 0.3 is 0 Å². The van der Waals surface area contributed by atoms with E-state index in [0.29, 0.717) is 5.92 Å². The molecule has 1 saturated heterocycles. The lowest BCUT2D eigenvalue weighted by Gasteiger charge is -2.34. The van der Waals surface area contributed by atoms with Crippen molar-refractivity contribution in [3.63, 3.8) is 0 Å². The van der Waals surface area contributed by atoms with Gasteiger partial charge in [0.05, 0.1) is 11.5 Å². The fourth-order valence-corrected chi connectivity index (χ4v) is 3.57. The molecule has 1 aromatic rings. The summed E-state index contributed by atoms with van der Waals surface area (Å²) in [6.07, 6.45) is 2.02. The van der Waals surface area contributed by atoms with Crippen molar-refractivity contribution in [2.75, 3.05) is 32.7 Å². The van der Waals surface area contributed by atoms with Crippen LogP contribution < -0.4 is 5.32 Å². The van der Waals surface area contributed by atoms with Crippen molar-refractivity contribution in [2.24, 2.45) is 5.92 Å². The summed E-state index contributed by atoms with van der Waals surface area (Å²) in [6.45, 7) is 12.0. The minimum atomic E-state index is -0.362. The van der Waals surface area contributed by atoms with Crippen LogP contribution in [0.4, 0.5) is 0 Å². The molecule has 120 valence electrons. The van der Waals surface area contributed by atoms with Crippen LogP contribution in [-0.4, -0.2) is 37.6 Å². The molecule has 1 N–H and O–H groups in total. The number of nitriles is 1. The molecule has 3 heteroatoms. The standard InChI is InChI=1S/C19H29N3/c1-16(2)19(15-20,18-8-5-4-7-17(18)3)9-6-12-22-13-10-21-11-14-22/h4-5,7-8,16,21H,6,9-14H2,1-3H3.